The second kappa shape index (κ2) is 6.83. The van der Waals surface area contributed by atoms with E-state index in [0.29, 0.717) is 29.1 Å². The Bertz CT molecular complexity index is 656. The third-order valence-electron chi connectivity index (χ3n) is 2.90. The van der Waals surface area contributed by atoms with Crippen molar-refractivity contribution in [3.8, 4) is 0 Å². The van der Waals surface area contributed by atoms with Crippen LogP contribution in [-0.2, 0) is 6.42 Å². The zero-order chi connectivity index (χ0) is 15.4. The zero-order valence-corrected chi connectivity index (χ0v) is 12.6. The van der Waals surface area contributed by atoms with E-state index in [0.717, 1.165) is 11.8 Å². The molecule has 0 saturated carbocycles. The average Bonchev–Trinajstić information content (AvgIpc) is 2.39. The average molecular weight is 327 g/mol. The first-order chi connectivity index (χ1) is 9.95. The Kier molecular flexibility index (Phi) is 5.09. The van der Waals surface area contributed by atoms with Gasteiger partial charge in [-0.25, -0.2) is 8.78 Å². The van der Waals surface area contributed by atoms with Crippen molar-refractivity contribution in [1.82, 2.24) is 0 Å². The third kappa shape index (κ3) is 4.37. The molecule has 0 bridgehead atoms. The minimum Gasteiger partial charge on any atom is -0.389 e. The normalized spacial score (nSPS) is 10.4. The van der Waals surface area contributed by atoms with Crippen LogP contribution in [0.4, 0.5) is 14.5 Å². The van der Waals surface area contributed by atoms with Gasteiger partial charge in [0.05, 0.1) is 0 Å². The van der Waals surface area contributed by atoms with Crippen LogP contribution in [0.25, 0.3) is 0 Å². The molecule has 0 aromatic heterocycles. The Balaban J connectivity index is 2.05. The van der Waals surface area contributed by atoms with E-state index >= 15 is 0 Å². The van der Waals surface area contributed by atoms with Crippen molar-refractivity contribution in [1.29, 1.82) is 0 Å². The van der Waals surface area contributed by atoms with Crippen LogP contribution >= 0.6 is 23.8 Å². The number of benzene rings is 2. The fourth-order valence-electron chi connectivity index (χ4n) is 1.97. The Morgan fingerprint density at radius 1 is 1.14 bits per heavy atom. The summed E-state index contributed by atoms with van der Waals surface area (Å²) in [5, 5.41) is 3.68. The lowest BCUT2D eigenvalue weighted by atomic mass is 10.1. The van der Waals surface area contributed by atoms with E-state index in [-0.39, 0.29) is 4.99 Å². The predicted octanol–water partition coefficient (Wildman–Crippen LogP) is 3.91. The number of thiocarbonyl (C=S) groups is 1. The van der Waals surface area contributed by atoms with Gasteiger partial charge in [-0.1, -0.05) is 23.8 Å². The minimum absolute atomic E-state index is 0.233. The standard InChI is InChI=1S/C15H13ClF2N2S/c16-10-1-2-14(13(7-10)15(19)21)20-4-3-9-5-11(17)8-12(18)6-9/h1-2,5-8,20H,3-4H2,(H2,19,21). The SMILES string of the molecule is NC(=S)c1cc(Cl)ccc1NCCc1cc(F)cc(F)c1. The number of rotatable bonds is 5. The van der Waals surface area contributed by atoms with Gasteiger partial charge >= 0.3 is 0 Å². The lowest BCUT2D eigenvalue weighted by Gasteiger charge is -2.11. The first kappa shape index (κ1) is 15.7. The molecule has 2 aromatic rings. The summed E-state index contributed by atoms with van der Waals surface area (Å²) in [6.45, 7) is 0.486. The third-order valence-corrected chi connectivity index (χ3v) is 3.35. The molecule has 0 saturated heterocycles. The Morgan fingerprint density at radius 3 is 2.43 bits per heavy atom. The van der Waals surface area contributed by atoms with Crippen LogP contribution in [0.2, 0.25) is 5.02 Å². The van der Waals surface area contributed by atoms with Gasteiger partial charge in [-0.15, -0.1) is 0 Å². The van der Waals surface area contributed by atoms with Gasteiger partial charge < -0.3 is 11.1 Å². The van der Waals surface area contributed by atoms with Crippen LogP contribution in [0.5, 0.6) is 0 Å². The second-order valence-corrected chi connectivity index (χ2v) is 5.38. The van der Waals surface area contributed by atoms with Gasteiger partial charge in [0.2, 0.25) is 0 Å². The van der Waals surface area contributed by atoms with Crippen molar-refractivity contribution >= 4 is 34.5 Å². The molecule has 6 heteroatoms. The molecule has 2 aromatic carbocycles. The summed E-state index contributed by atoms with van der Waals surface area (Å²) < 4.78 is 26.2. The molecule has 0 spiro atoms. The van der Waals surface area contributed by atoms with Crippen molar-refractivity contribution in [3.63, 3.8) is 0 Å². The minimum atomic E-state index is -0.583. The Hall–Kier alpha value is -1.72. The molecule has 110 valence electrons. The van der Waals surface area contributed by atoms with Crippen LogP contribution < -0.4 is 11.1 Å². The molecule has 21 heavy (non-hydrogen) atoms. The van der Waals surface area contributed by atoms with E-state index in [1.165, 1.54) is 12.1 Å². The lowest BCUT2D eigenvalue weighted by Crippen LogP contribution is -2.14. The van der Waals surface area contributed by atoms with E-state index in [2.05, 4.69) is 5.32 Å². The van der Waals surface area contributed by atoms with Crippen molar-refractivity contribution in [2.45, 2.75) is 6.42 Å². The van der Waals surface area contributed by atoms with Crippen LogP contribution in [0, 0.1) is 11.6 Å². The number of nitrogens with two attached hydrogens (primary N) is 1. The highest BCUT2D eigenvalue weighted by Gasteiger charge is 2.06. The molecular formula is C15H13ClF2N2S. The summed E-state index contributed by atoms with van der Waals surface area (Å²) >= 11 is 10.9. The van der Waals surface area contributed by atoms with E-state index in [1.54, 1.807) is 18.2 Å². The quantitative estimate of drug-likeness (QED) is 0.818. The molecule has 0 aliphatic carbocycles. The first-order valence-corrected chi connectivity index (χ1v) is 7.02. The first-order valence-electron chi connectivity index (χ1n) is 6.24. The molecule has 0 radical (unpaired) electrons. The van der Waals surface area contributed by atoms with Gasteiger partial charge in [0.1, 0.15) is 16.6 Å². The van der Waals surface area contributed by atoms with Crippen molar-refractivity contribution in [3.05, 3.63) is 64.2 Å². The van der Waals surface area contributed by atoms with Crippen LogP contribution in [-0.4, -0.2) is 11.5 Å². The molecule has 0 unspecified atom stereocenters. The fraction of sp³-hybridized carbons (Fsp3) is 0.133. The fourth-order valence-corrected chi connectivity index (χ4v) is 2.31. The second-order valence-electron chi connectivity index (χ2n) is 4.51. The van der Waals surface area contributed by atoms with E-state index in [9.17, 15) is 8.78 Å². The Morgan fingerprint density at radius 2 is 1.81 bits per heavy atom. The molecule has 2 rings (SSSR count). The lowest BCUT2D eigenvalue weighted by molar-refractivity contribution is 0.580. The summed E-state index contributed by atoms with van der Waals surface area (Å²) in [6.07, 6.45) is 0.466. The van der Waals surface area contributed by atoms with Crippen molar-refractivity contribution in [2.75, 3.05) is 11.9 Å². The molecule has 0 amide bonds. The van der Waals surface area contributed by atoms with Crippen LogP contribution in [0.1, 0.15) is 11.1 Å². The summed E-state index contributed by atoms with van der Waals surface area (Å²) in [7, 11) is 0. The molecule has 2 nitrogen and oxygen atoms in total. The van der Waals surface area contributed by atoms with Crippen molar-refractivity contribution in [2.24, 2.45) is 5.73 Å². The smallest absolute Gasteiger partial charge is 0.126 e. The van der Waals surface area contributed by atoms with Gasteiger partial charge in [-0.2, -0.15) is 0 Å². The Labute approximate surface area is 131 Å². The van der Waals surface area contributed by atoms with Crippen LogP contribution in [0.15, 0.2) is 36.4 Å². The maximum absolute atomic E-state index is 13.1. The van der Waals surface area contributed by atoms with Gasteiger partial charge in [0, 0.05) is 28.9 Å². The highest BCUT2D eigenvalue weighted by atomic mass is 35.5. The summed E-state index contributed by atoms with van der Waals surface area (Å²) in [5.41, 5.74) is 7.60. The zero-order valence-electron chi connectivity index (χ0n) is 11.0. The maximum Gasteiger partial charge on any atom is 0.126 e. The topological polar surface area (TPSA) is 38.0 Å². The molecule has 0 fully saturated rings. The molecule has 0 atom stereocenters. The van der Waals surface area contributed by atoms with E-state index in [4.69, 9.17) is 29.6 Å². The summed E-state index contributed by atoms with van der Waals surface area (Å²) in [5.74, 6) is -1.17. The molecule has 0 aliphatic rings. The van der Waals surface area contributed by atoms with E-state index in [1.807, 2.05) is 0 Å². The number of halogens is 3. The summed E-state index contributed by atoms with van der Waals surface area (Å²) in [6, 6.07) is 8.62. The van der Waals surface area contributed by atoms with Gasteiger partial charge in [-0.3, -0.25) is 0 Å². The molecule has 0 aliphatic heterocycles. The number of hydrogen-bond donors (Lipinski definition) is 2. The summed E-state index contributed by atoms with van der Waals surface area (Å²) in [4.78, 5) is 0.233. The number of nitrogens with one attached hydrogen (secondary N) is 1. The predicted molar refractivity (Wildman–Crippen MR) is 85.9 cm³/mol. The number of hydrogen-bond acceptors (Lipinski definition) is 2. The maximum atomic E-state index is 13.1. The highest BCUT2D eigenvalue weighted by molar-refractivity contribution is 7.80. The van der Waals surface area contributed by atoms with Gasteiger partial charge in [0.15, 0.2) is 0 Å². The molecule has 3 N–H and O–H groups in total. The van der Waals surface area contributed by atoms with Crippen LogP contribution in [0.3, 0.4) is 0 Å². The van der Waals surface area contributed by atoms with Gasteiger partial charge in [0.25, 0.3) is 0 Å². The van der Waals surface area contributed by atoms with E-state index < -0.39 is 11.6 Å². The monoisotopic (exact) mass is 326 g/mol. The number of anilines is 1. The molecular weight excluding hydrogens is 314 g/mol. The molecule has 0 heterocycles. The largest absolute Gasteiger partial charge is 0.389 e. The van der Waals surface area contributed by atoms with Crippen molar-refractivity contribution < 1.29 is 8.78 Å². The van der Waals surface area contributed by atoms with Gasteiger partial charge in [-0.05, 0) is 42.3 Å². The highest BCUT2D eigenvalue weighted by Crippen LogP contribution is 2.20.